The maximum absolute atomic E-state index is 12.4. The number of alkyl halides is 3. The van der Waals surface area contributed by atoms with Gasteiger partial charge in [0, 0.05) is 19.0 Å². The lowest BCUT2D eigenvalue weighted by atomic mass is 10.1. The summed E-state index contributed by atoms with van der Waals surface area (Å²) in [5.41, 5.74) is 0.804. The van der Waals surface area contributed by atoms with Crippen LogP contribution in [0.15, 0.2) is 29.5 Å². The minimum atomic E-state index is -4.32. The Morgan fingerprint density at radius 2 is 2.00 bits per heavy atom. The highest BCUT2D eigenvalue weighted by molar-refractivity contribution is 6.42. The van der Waals surface area contributed by atoms with E-state index in [0.717, 1.165) is 10.5 Å². The van der Waals surface area contributed by atoms with Gasteiger partial charge in [-0.2, -0.15) is 13.2 Å². The molecule has 0 bridgehead atoms. The van der Waals surface area contributed by atoms with Crippen LogP contribution in [0.4, 0.5) is 13.2 Å². The van der Waals surface area contributed by atoms with Crippen molar-refractivity contribution in [1.82, 2.24) is 10.2 Å². The Labute approximate surface area is 176 Å². The first-order chi connectivity index (χ1) is 13.5. The molecule has 1 aliphatic heterocycles. The highest BCUT2D eigenvalue weighted by Gasteiger charge is 2.35. The van der Waals surface area contributed by atoms with Crippen molar-refractivity contribution >= 4 is 35.0 Å². The van der Waals surface area contributed by atoms with Gasteiger partial charge in [-0.3, -0.25) is 9.59 Å². The van der Waals surface area contributed by atoms with Crippen molar-refractivity contribution in [3.63, 3.8) is 0 Å². The molecule has 1 unspecified atom stereocenters. The van der Waals surface area contributed by atoms with E-state index in [4.69, 9.17) is 23.2 Å². The molecule has 160 valence electrons. The second-order valence-corrected chi connectivity index (χ2v) is 7.75. The summed E-state index contributed by atoms with van der Waals surface area (Å²) in [6.45, 7) is 1.37. The van der Waals surface area contributed by atoms with E-state index in [2.05, 4.69) is 5.32 Å². The summed E-state index contributed by atoms with van der Waals surface area (Å²) in [5.74, 6) is -2.16. The molecule has 0 aliphatic carbocycles. The summed E-state index contributed by atoms with van der Waals surface area (Å²) < 4.78 is 36.7. The van der Waals surface area contributed by atoms with Gasteiger partial charge in [0.15, 0.2) is 5.76 Å². The lowest BCUT2D eigenvalue weighted by molar-refractivity contribution is -0.139. The van der Waals surface area contributed by atoms with Crippen LogP contribution in [0.1, 0.15) is 31.7 Å². The number of aryl methyl sites for hydroxylation is 1. The highest BCUT2D eigenvalue weighted by atomic mass is 35.5. The molecule has 1 aromatic rings. The van der Waals surface area contributed by atoms with Crippen molar-refractivity contribution < 1.29 is 27.9 Å². The van der Waals surface area contributed by atoms with Gasteiger partial charge in [-0.15, -0.1) is 0 Å². The molecule has 1 aromatic carbocycles. The molecule has 2 N–H and O–H groups in total. The first-order valence-corrected chi connectivity index (χ1v) is 9.76. The molecule has 29 heavy (non-hydrogen) atoms. The summed E-state index contributed by atoms with van der Waals surface area (Å²) in [4.78, 5) is 25.4. The van der Waals surface area contributed by atoms with Crippen molar-refractivity contribution in [3.8, 4) is 0 Å². The van der Waals surface area contributed by atoms with Gasteiger partial charge >= 0.3 is 6.18 Å². The summed E-state index contributed by atoms with van der Waals surface area (Å²) in [6.07, 6.45) is -4.46. The number of benzene rings is 1. The van der Waals surface area contributed by atoms with E-state index < -0.39 is 30.2 Å². The molecule has 2 amide bonds. The number of halogens is 5. The summed E-state index contributed by atoms with van der Waals surface area (Å²) in [5, 5.41) is 13.5. The number of amides is 2. The number of rotatable bonds is 8. The predicted molar refractivity (Wildman–Crippen MR) is 104 cm³/mol. The molecule has 0 fully saturated rings. The third-order valence-corrected chi connectivity index (χ3v) is 5.25. The molecule has 0 spiro atoms. The molecule has 10 heteroatoms. The smallest absolute Gasteiger partial charge is 0.389 e. The average molecular weight is 453 g/mol. The number of aliphatic hydroxyl groups excluding tert-OH is 1. The number of aliphatic hydroxyl groups is 1. The van der Waals surface area contributed by atoms with E-state index in [9.17, 15) is 27.9 Å². The van der Waals surface area contributed by atoms with Crippen LogP contribution in [0.2, 0.25) is 10.0 Å². The fraction of sp³-hybridized carbons (Fsp3) is 0.474. The van der Waals surface area contributed by atoms with E-state index in [1.807, 2.05) is 6.07 Å². The average Bonchev–Trinajstić information content (AvgIpc) is 2.90. The van der Waals surface area contributed by atoms with Gasteiger partial charge in [-0.1, -0.05) is 29.3 Å². The van der Waals surface area contributed by atoms with Crippen molar-refractivity contribution in [1.29, 1.82) is 0 Å². The van der Waals surface area contributed by atoms with Crippen LogP contribution in [0.25, 0.3) is 0 Å². The number of hydrogen-bond acceptors (Lipinski definition) is 3. The minimum absolute atomic E-state index is 0.136. The zero-order valence-corrected chi connectivity index (χ0v) is 17.2. The maximum Gasteiger partial charge on any atom is 0.389 e. The molecular weight excluding hydrogens is 432 g/mol. The Balaban J connectivity index is 1.85. The van der Waals surface area contributed by atoms with Crippen LogP contribution in [-0.2, 0) is 16.0 Å². The van der Waals surface area contributed by atoms with E-state index in [0.29, 0.717) is 22.9 Å². The zero-order valence-electron chi connectivity index (χ0n) is 15.7. The fourth-order valence-corrected chi connectivity index (χ4v) is 3.23. The SMILES string of the molecule is CC(CCc1ccc(Cl)c(Cl)c1)NC(=O)C1=C(O)C(=O)N(CCCC(F)(F)F)C1. The second-order valence-electron chi connectivity index (χ2n) is 6.93. The predicted octanol–water partition coefficient (Wildman–Crippen LogP) is 4.43. The van der Waals surface area contributed by atoms with Crippen LogP contribution in [-0.4, -0.2) is 47.1 Å². The van der Waals surface area contributed by atoms with Crippen LogP contribution < -0.4 is 5.32 Å². The van der Waals surface area contributed by atoms with Crippen LogP contribution in [0.3, 0.4) is 0 Å². The highest BCUT2D eigenvalue weighted by Crippen LogP contribution is 2.25. The Morgan fingerprint density at radius 3 is 2.62 bits per heavy atom. The van der Waals surface area contributed by atoms with Gasteiger partial charge in [0.25, 0.3) is 11.8 Å². The Bertz CT molecular complexity index is 812. The Morgan fingerprint density at radius 1 is 1.31 bits per heavy atom. The van der Waals surface area contributed by atoms with Crippen molar-refractivity contribution in [2.24, 2.45) is 0 Å². The monoisotopic (exact) mass is 452 g/mol. The minimum Gasteiger partial charge on any atom is -0.503 e. The van der Waals surface area contributed by atoms with E-state index in [1.54, 1.807) is 19.1 Å². The molecule has 0 saturated heterocycles. The van der Waals surface area contributed by atoms with Crippen LogP contribution in [0.5, 0.6) is 0 Å². The first kappa shape index (κ1) is 23.3. The standard InChI is InChI=1S/C19H21Cl2F3N2O3/c1-11(3-4-12-5-6-14(20)15(21)9-12)25-17(28)13-10-26(18(29)16(13)27)8-2-7-19(22,23)24/h5-6,9,11,27H,2-4,7-8,10H2,1H3,(H,25,28). The fourth-order valence-electron chi connectivity index (χ4n) is 2.91. The first-order valence-electron chi connectivity index (χ1n) is 9.01. The van der Waals surface area contributed by atoms with Crippen LogP contribution in [0, 0.1) is 0 Å². The van der Waals surface area contributed by atoms with Crippen molar-refractivity contribution in [2.45, 2.75) is 44.8 Å². The third kappa shape index (κ3) is 6.82. The molecule has 1 atom stereocenters. The number of carbonyl (C=O) groups is 2. The number of hydrogen-bond donors (Lipinski definition) is 2. The summed E-state index contributed by atoms with van der Waals surface area (Å²) in [7, 11) is 0. The molecule has 2 rings (SSSR count). The van der Waals surface area contributed by atoms with Crippen molar-refractivity contribution in [2.75, 3.05) is 13.1 Å². The molecule has 0 aromatic heterocycles. The third-order valence-electron chi connectivity index (χ3n) is 4.51. The number of nitrogens with one attached hydrogen (secondary N) is 1. The van der Waals surface area contributed by atoms with Gasteiger partial charge < -0.3 is 15.3 Å². The molecule has 0 saturated carbocycles. The molecular formula is C19H21Cl2F3N2O3. The van der Waals surface area contributed by atoms with E-state index in [1.165, 1.54) is 0 Å². The van der Waals surface area contributed by atoms with Crippen LogP contribution >= 0.6 is 23.2 Å². The largest absolute Gasteiger partial charge is 0.503 e. The van der Waals surface area contributed by atoms with E-state index in [-0.39, 0.29) is 31.1 Å². The Hall–Kier alpha value is -1.93. The molecule has 5 nitrogen and oxygen atoms in total. The lowest BCUT2D eigenvalue weighted by Gasteiger charge is -2.17. The molecule has 1 heterocycles. The topological polar surface area (TPSA) is 69.6 Å². The quantitative estimate of drug-likeness (QED) is 0.612. The number of nitrogens with zero attached hydrogens (tertiary/aromatic N) is 1. The zero-order chi connectivity index (χ0) is 21.8. The van der Waals surface area contributed by atoms with Gasteiger partial charge in [0.2, 0.25) is 0 Å². The molecule has 0 radical (unpaired) electrons. The second kappa shape index (κ2) is 9.71. The molecule has 1 aliphatic rings. The number of carbonyl (C=O) groups excluding carboxylic acids is 2. The maximum atomic E-state index is 12.4. The van der Waals surface area contributed by atoms with Gasteiger partial charge in [0.05, 0.1) is 22.2 Å². The summed E-state index contributed by atoms with van der Waals surface area (Å²) in [6, 6.07) is 4.97. The Kier molecular flexibility index (Phi) is 7.82. The van der Waals surface area contributed by atoms with E-state index >= 15 is 0 Å². The van der Waals surface area contributed by atoms with Gasteiger partial charge in [-0.25, -0.2) is 0 Å². The van der Waals surface area contributed by atoms with Gasteiger partial charge in [-0.05, 0) is 43.9 Å². The van der Waals surface area contributed by atoms with Gasteiger partial charge in [0.1, 0.15) is 0 Å². The summed E-state index contributed by atoms with van der Waals surface area (Å²) >= 11 is 11.8. The van der Waals surface area contributed by atoms with Crippen molar-refractivity contribution in [3.05, 3.63) is 45.1 Å². The lowest BCUT2D eigenvalue weighted by Crippen LogP contribution is -2.36. The normalized spacial score (nSPS) is 15.8.